The molecule has 92 valence electrons. The van der Waals surface area contributed by atoms with Crippen molar-refractivity contribution < 1.29 is 9.59 Å². The van der Waals surface area contributed by atoms with Crippen LogP contribution < -0.4 is 0 Å². The van der Waals surface area contributed by atoms with Crippen LogP contribution in [0.1, 0.15) is 54.4 Å². The topological polar surface area (TPSA) is 34.1 Å². The molecule has 1 aliphatic carbocycles. The van der Waals surface area contributed by atoms with Crippen LogP contribution in [0.25, 0.3) is 0 Å². The molecule has 1 aliphatic rings. The number of Topliss-reactive ketones (excluding diaryl/α,β-unsaturated/α-hetero) is 2. The maximum Gasteiger partial charge on any atom is 0.143 e. The van der Waals surface area contributed by atoms with Crippen LogP contribution >= 0.6 is 0 Å². The van der Waals surface area contributed by atoms with Crippen molar-refractivity contribution in [2.24, 2.45) is 22.7 Å². The van der Waals surface area contributed by atoms with Gasteiger partial charge in [-0.25, -0.2) is 0 Å². The van der Waals surface area contributed by atoms with E-state index < -0.39 is 0 Å². The summed E-state index contributed by atoms with van der Waals surface area (Å²) in [6, 6.07) is 0. The molecule has 2 atom stereocenters. The predicted octanol–water partition coefficient (Wildman–Crippen LogP) is 3.24. The highest BCUT2D eigenvalue weighted by atomic mass is 16.2. The van der Waals surface area contributed by atoms with E-state index in [1.165, 1.54) is 0 Å². The number of ketones is 2. The van der Waals surface area contributed by atoms with Crippen molar-refractivity contribution in [2.45, 2.75) is 54.4 Å². The quantitative estimate of drug-likeness (QED) is 0.592. The summed E-state index contributed by atoms with van der Waals surface area (Å²) in [7, 11) is 0. The summed E-state index contributed by atoms with van der Waals surface area (Å²) in [5.41, 5.74) is -0.0530. The van der Waals surface area contributed by atoms with Gasteiger partial charge in [0.1, 0.15) is 11.6 Å². The van der Waals surface area contributed by atoms with Gasteiger partial charge in [0.25, 0.3) is 0 Å². The Morgan fingerprint density at radius 1 is 0.812 bits per heavy atom. The third-order valence-electron chi connectivity index (χ3n) is 3.69. The van der Waals surface area contributed by atoms with Gasteiger partial charge in [-0.2, -0.15) is 0 Å². The zero-order valence-corrected chi connectivity index (χ0v) is 11.4. The van der Waals surface area contributed by atoms with Gasteiger partial charge in [0.2, 0.25) is 0 Å². The zero-order valence-electron chi connectivity index (χ0n) is 11.4. The summed E-state index contributed by atoms with van der Waals surface area (Å²) in [4.78, 5) is 23.8. The van der Waals surface area contributed by atoms with Gasteiger partial charge in [-0.05, 0) is 17.3 Å². The molecular weight excluding hydrogens is 200 g/mol. The molecule has 2 nitrogen and oxygen atoms in total. The second-order valence-corrected chi connectivity index (χ2v) is 7.18. The second-order valence-electron chi connectivity index (χ2n) is 7.18. The van der Waals surface area contributed by atoms with E-state index in [2.05, 4.69) is 41.5 Å². The van der Waals surface area contributed by atoms with E-state index in [0.29, 0.717) is 0 Å². The summed E-state index contributed by atoms with van der Waals surface area (Å²) >= 11 is 0. The van der Waals surface area contributed by atoms with Gasteiger partial charge in [-0.1, -0.05) is 41.5 Å². The van der Waals surface area contributed by atoms with Crippen LogP contribution in [0.15, 0.2) is 0 Å². The molecule has 0 amide bonds. The minimum absolute atomic E-state index is 0.0265. The van der Waals surface area contributed by atoms with Gasteiger partial charge in [0.05, 0.1) is 6.42 Å². The predicted molar refractivity (Wildman–Crippen MR) is 65.1 cm³/mol. The lowest BCUT2D eigenvalue weighted by Gasteiger charge is -2.40. The Hall–Kier alpha value is -0.660. The first kappa shape index (κ1) is 13.4. The first-order chi connectivity index (χ1) is 7.03. The molecule has 16 heavy (non-hydrogen) atoms. The molecule has 1 rings (SSSR count). The van der Waals surface area contributed by atoms with Crippen LogP contribution in [-0.2, 0) is 9.59 Å². The van der Waals surface area contributed by atoms with Crippen LogP contribution in [0, 0.1) is 22.7 Å². The Kier molecular flexibility index (Phi) is 3.33. The Balaban J connectivity index is 2.94. The summed E-state index contributed by atoms with van der Waals surface area (Å²) < 4.78 is 0. The minimum atomic E-state index is -0.0265. The first-order valence-corrected chi connectivity index (χ1v) is 6.09. The largest absolute Gasteiger partial charge is 0.299 e. The highest BCUT2D eigenvalue weighted by Gasteiger charge is 2.44. The van der Waals surface area contributed by atoms with Gasteiger partial charge in [0, 0.05) is 11.8 Å². The van der Waals surface area contributed by atoms with Crippen molar-refractivity contribution in [3.63, 3.8) is 0 Å². The lowest BCUT2D eigenvalue weighted by molar-refractivity contribution is -0.141. The number of carbonyl (C=O) groups excluding carboxylic acids is 2. The molecule has 2 heteroatoms. The Morgan fingerprint density at radius 2 is 1.12 bits per heavy atom. The average molecular weight is 224 g/mol. The van der Waals surface area contributed by atoms with Crippen molar-refractivity contribution in [1.82, 2.24) is 0 Å². The van der Waals surface area contributed by atoms with Crippen molar-refractivity contribution in [1.29, 1.82) is 0 Å². The third-order valence-corrected chi connectivity index (χ3v) is 3.69. The van der Waals surface area contributed by atoms with Gasteiger partial charge in [-0.3, -0.25) is 9.59 Å². The average Bonchev–Trinajstić information content (AvgIpc) is 1.97. The van der Waals surface area contributed by atoms with E-state index in [4.69, 9.17) is 0 Å². The molecule has 0 saturated heterocycles. The summed E-state index contributed by atoms with van der Waals surface area (Å²) in [5, 5.41) is 0. The van der Waals surface area contributed by atoms with Crippen LogP contribution in [0.5, 0.6) is 0 Å². The first-order valence-electron chi connectivity index (χ1n) is 6.09. The zero-order chi connectivity index (χ0) is 12.7. The number of carbonyl (C=O) groups is 2. The van der Waals surface area contributed by atoms with Crippen molar-refractivity contribution >= 4 is 11.6 Å². The summed E-state index contributed by atoms with van der Waals surface area (Å²) in [5.74, 6) is 0.347. The minimum Gasteiger partial charge on any atom is -0.299 e. The van der Waals surface area contributed by atoms with Crippen LogP contribution in [0.2, 0.25) is 0 Å². The SMILES string of the molecule is CC(C)(C)[C@@H]1C[C@H](C(C)(C)C)C(=O)CC1=O. The molecule has 0 aromatic heterocycles. The standard InChI is InChI=1S/C14H24O2/c1-13(2,3)9-7-10(14(4,5)6)12(16)8-11(9)15/h9-10H,7-8H2,1-6H3/t9-,10+. The Bertz CT molecular complexity index is 272. The smallest absolute Gasteiger partial charge is 0.143 e. The number of rotatable bonds is 0. The molecule has 1 saturated carbocycles. The molecule has 0 aromatic rings. The monoisotopic (exact) mass is 224 g/mol. The van der Waals surface area contributed by atoms with Crippen LogP contribution in [0.3, 0.4) is 0 Å². The fraction of sp³-hybridized carbons (Fsp3) is 0.857. The molecule has 0 spiro atoms. The molecule has 1 fully saturated rings. The molecule has 0 aliphatic heterocycles. The Labute approximate surface area is 98.8 Å². The van der Waals surface area contributed by atoms with Crippen LogP contribution in [-0.4, -0.2) is 11.6 Å². The molecule has 0 unspecified atom stereocenters. The highest BCUT2D eigenvalue weighted by molar-refractivity contribution is 6.04. The number of hydrogen-bond acceptors (Lipinski definition) is 2. The van der Waals surface area contributed by atoms with Gasteiger partial charge in [0.15, 0.2) is 0 Å². The fourth-order valence-electron chi connectivity index (χ4n) is 2.59. The molecule has 0 radical (unpaired) electrons. The van der Waals surface area contributed by atoms with E-state index in [1.54, 1.807) is 0 Å². The molecular formula is C14H24O2. The van der Waals surface area contributed by atoms with Gasteiger partial charge >= 0.3 is 0 Å². The summed E-state index contributed by atoms with van der Waals surface area (Å²) in [6.45, 7) is 12.5. The van der Waals surface area contributed by atoms with Crippen molar-refractivity contribution in [3.8, 4) is 0 Å². The fourth-order valence-corrected chi connectivity index (χ4v) is 2.59. The maximum atomic E-state index is 11.9. The van der Waals surface area contributed by atoms with Gasteiger partial charge in [-0.15, -0.1) is 0 Å². The van der Waals surface area contributed by atoms with Crippen molar-refractivity contribution in [3.05, 3.63) is 0 Å². The van der Waals surface area contributed by atoms with E-state index >= 15 is 0 Å². The maximum absolute atomic E-state index is 11.9. The van der Waals surface area contributed by atoms with E-state index in [1.807, 2.05) is 0 Å². The van der Waals surface area contributed by atoms with Gasteiger partial charge < -0.3 is 0 Å². The normalized spacial score (nSPS) is 28.4. The Morgan fingerprint density at radius 3 is 1.38 bits per heavy atom. The molecule has 0 aromatic carbocycles. The van der Waals surface area contributed by atoms with E-state index in [-0.39, 0.29) is 40.7 Å². The van der Waals surface area contributed by atoms with E-state index in [0.717, 1.165) is 6.42 Å². The lowest BCUT2D eigenvalue weighted by atomic mass is 9.62. The molecule has 0 N–H and O–H groups in total. The third kappa shape index (κ3) is 2.72. The highest BCUT2D eigenvalue weighted by Crippen LogP contribution is 2.42. The van der Waals surface area contributed by atoms with E-state index in [9.17, 15) is 9.59 Å². The second kappa shape index (κ2) is 3.97. The molecule has 0 heterocycles. The summed E-state index contributed by atoms with van der Waals surface area (Å²) in [6.07, 6.45) is 0.870. The molecule has 0 bridgehead atoms. The van der Waals surface area contributed by atoms with Crippen molar-refractivity contribution in [2.75, 3.05) is 0 Å². The number of hydrogen-bond donors (Lipinski definition) is 0. The van der Waals surface area contributed by atoms with Crippen LogP contribution in [0.4, 0.5) is 0 Å². The lowest BCUT2D eigenvalue weighted by Crippen LogP contribution is -2.43.